The summed E-state index contributed by atoms with van der Waals surface area (Å²) < 4.78 is 0. The lowest BCUT2D eigenvalue weighted by Crippen LogP contribution is -2.47. The Labute approximate surface area is 109 Å². The SMILES string of the molecule is Cc1c(N)cccc1C(=O)N1C(C)CCCC1C. The van der Waals surface area contributed by atoms with E-state index in [-0.39, 0.29) is 5.91 Å². The molecule has 1 aromatic rings. The number of anilines is 1. The number of nitrogens with zero attached hydrogens (tertiary/aromatic N) is 1. The van der Waals surface area contributed by atoms with Crippen molar-refractivity contribution in [3.05, 3.63) is 29.3 Å². The molecular weight excluding hydrogens is 224 g/mol. The van der Waals surface area contributed by atoms with Crippen molar-refractivity contribution in [1.29, 1.82) is 0 Å². The molecule has 1 heterocycles. The van der Waals surface area contributed by atoms with Crippen LogP contribution in [0.25, 0.3) is 0 Å². The van der Waals surface area contributed by atoms with E-state index in [1.165, 1.54) is 6.42 Å². The van der Waals surface area contributed by atoms with E-state index in [9.17, 15) is 4.79 Å². The van der Waals surface area contributed by atoms with Gasteiger partial charge in [0.1, 0.15) is 0 Å². The number of piperidine rings is 1. The number of amides is 1. The van der Waals surface area contributed by atoms with Gasteiger partial charge in [0, 0.05) is 23.3 Å². The Morgan fingerprint density at radius 2 is 1.89 bits per heavy atom. The zero-order valence-corrected chi connectivity index (χ0v) is 11.4. The van der Waals surface area contributed by atoms with Crippen molar-refractivity contribution in [3.63, 3.8) is 0 Å². The Kier molecular flexibility index (Phi) is 3.60. The summed E-state index contributed by atoms with van der Waals surface area (Å²) in [5, 5.41) is 0. The van der Waals surface area contributed by atoms with Crippen LogP contribution in [0.5, 0.6) is 0 Å². The molecule has 18 heavy (non-hydrogen) atoms. The van der Waals surface area contributed by atoms with Gasteiger partial charge in [0.2, 0.25) is 0 Å². The summed E-state index contributed by atoms with van der Waals surface area (Å²) in [6.45, 7) is 6.19. The molecule has 0 saturated carbocycles. The number of nitrogens with two attached hydrogens (primary N) is 1. The fourth-order valence-corrected chi connectivity index (χ4v) is 2.85. The summed E-state index contributed by atoms with van der Waals surface area (Å²) in [7, 11) is 0. The van der Waals surface area contributed by atoms with Crippen molar-refractivity contribution in [3.8, 4) is 0 Å². The lowest BCUT2D eigenvalue weighted by atomic mass is 9.95. The molecule has 1 aromatic carbocycles. The van der Waals surface area contributed by atoms with Gasteiger partial charge in [-0.3, -0.25) is 4.79 Å². The molecule has 2 N–H and O–H groups in total. The summed E-state index contributed by atoms with van der Waals surface area (Å²) >= 11 is 0. The highest BCUT2D eigenvalue weighted by atomic mass is 16.2. The molecule has 0 aliphatic carbocycles. The van der Waals surface area contributed by atoms with Gasteiger partial charge in [0.25, 0.3) is 5.91 Å². The number of carbonyl (C=O) groups excluding carboxylic acids is 1. The molecule has 1 saturated heterocycles. The van der Waals surface area contributed by atoms with Crippen LogP contribution in [0.4, 0.5) is 5.69 Å². The van der Waals surface area contributed by atoms with Gasteiger partial charge in [-0.2, -0.15) is 0 Å². The first-order valence-corrected chi connectivity index (χ1v) is 6.70. The number of hydrogen-bond donors (Lipinski definition) is 1. The van der Waals surface area contributed by atoms with Crippen molar-refractivity contribution in [2.45, 2.75) is 52.1 Å². The van der Waals surface area contributed by atoms with Gasteiger partial charge < -0.3 is 10.6 Å². The van der Waals surface area contributed by atoms with Crippen LogP contribution in [0.2, 0.25) is 0 Å². The maximum absolute atomic E-state index is 12.7. The average molecular weight is 246 g/mol. The van der Waals surface area contributed by atoms with Crippen molar-refractivity contribution in [2.24, 2.45) is 0 Å². The van der Waals surface area contributed by atoms with E-state index >= 15 is 0 Å². The molecule has 0 spiro atoms. The van der Waals surface area contributed by atoms with Gasteiger partial charge >= 0.3 is 0 Å². The Hall–Kier alpha value is -1.51. The van der Waals surface area contributed by atoms with E-state index in [1.54, 1.807) is 0 Å². The first-order valence-electron chi connectivity index (χ1n) is 6.70. The van der Waals surface area contributed by atoms with Crippen LogP contribution in [0.3, 0.4) is 0 Å². The van der Waals surface area contributed by atoms with E-state index < -0.39 is 0 Å². The van der Waals surface area contributed by atoms with Crippen molar-refractivity contribution >= 4 is 11.6 Å². The maximum Gasteiger partial charge on any atom is 0.254 e. The van der Waals surface area contributed by atoms with E-state index in [2.05, 4.69) is 13.8 Å². The molecule has 2 rings (SSSR count). The smallest absolute Gasteiger partial charge is 0.254 e. The van der Waals surface area contributed by atoms with Crippen LogP contribution in [-0.2, 0) is 0 Å². The molecule has 2 atom stereocenters. The average Bonchev–Trinajstić information content (AvgIpc) is 2.32. The van der Waals surface area contributed by atoms with Gasteiger partial charge in [0.15, 0.2) is 0 Å². The van der Waals surface area contributed by atoms with Crippen LogP contribution in [-0.4, -0.2) is 22.9 Å². The van der Waals surface area contributed by atoms with Crippen molar-refractivity contribution in [2.75, 3.05) is 5.73 Å². The van der Waals surface area contributed by atoms with Crippen LogP contribution in [0.15, 0.2) is 18.2 Å². The molecule has 0 radical (unpaired) electrons. The van der Waals surface area contributed by atoms with Crippen molar-refractivity contribution in [1.82, 2.24) is 4.90 Å². The summed E-state index contributed by atoms with van der Waals surface area (Å²) in [6.07, 6.45) is 3.40. The lowest BCUT2D eigenvalue weighted by molar-refractivity contribution is 0.0510. The van der Waals surface area contributed by atoms with Gasteiger partial charge in [-0.05, 0) is 57.7 Å². The first kappa shape index (κ1) is 12.9. The topological polar surface area (TPSA) is 46.3 Å². The zero-order valence-electron chi connectivity index (χ0n) is 11.4. The summed E-state index contributed by atoms with van der Waals surface area (Å²) in [6, 6.07) is 6.22. The molecule has 2 unspecified atom stereocenters. The first-order chi connectivity index (χ1) is 8.52. The molecule has 3 heteroatoms. The number of nitrogen functional groups attached to an aromatic ring is 1. The monoisotopic (exact) mass is 246 g/mol. The third-order valence-corrected chi connectivity index (χ3v) is 4.03. The van der Waals surface area contributed by atoms with Crippen LogP contribution < -0.4 is 5.73 Å². The summed E-state index contributed by atoms with van der Waals surface area (Å²) in [4.78, 5) is 14.7. The normalized spacial score (nSPS) is 24.1. The minimum absolute atomic E-state index is 0.125. The second-order valence-electron chi connectivity index (χ2n) is 5.36. The van der Waals surface area contributed by atoms with Crippen LogP contribution >= 0.6 is 0 Å². The summed E-state index contributed by atoms with van der Waals surface area (Å²) in [5.41, 5.74) is 8.22. The van der Waals surface area contributed by atoms with E-state index in [4.69, 9.17) is 5.73 Å². The quantitative estimate of drug-likeness (QED) is 0.774. The summed E-state index contributed by atoms with van der Waals surface area (Å²) in [5.74, 6) is 0.125. The lowest BCUT2D eigenvalue weighted by Gasteiger charge is -2.39. The van der Waals surface area contributed by atoms with Gasteiger partial charge in [-0.25, -0.2) is 0 Å². The molecule has 3 nitrogen and oxygen atoms in total. The number of hydrogen-bond acceptors (Lipinski definition) is 2. The molecule has 1 aliphatic heterocycles. The Morgan fingerprint density at radius 1 is 1.28 bits per heavy atom. The third-order valence-electron chi connectivity index (χ3n) is 4.03. The van der Waals surface area contributed by atoms with Crippen LogP contribution in [0.1, 0.15) is 49.0 Å². The molecule has 1 amide bonds. The van der Waals surface area contributed by atoms with Gasteiger partial charge in [-0.1, -0.05) is 6.07 Å². The van der Waals surface area contributed by atoms with E-state index in [0.717, 1.165) is 24.0 Å². The standard InChI is InChI=1S/C15H22N2O/c1-10-6-4-7-11(2)17(10)15(18)13-8-5-9-14(16)12(13)3/h5,8-11H,4,6-7,16H2,1-3H3. The largest absolute Gasteiger partial charge is 0.398 e. The zero-order chi connectivity index (χ0) is 13.3. The Balaban J connectivity index is 2.32. The van der Waals surface area contributed by atoms with Gasteiger partial charge in [-0.15, -0.1) is 0 Å². The fourth-order valence-electron chi connectivity index (χ4n) is 2.85. The second-order valence-corrected chi connectivity index (χ2v) is 5.36. The number of likely N-dealkylation sites (tertiary alicyclic amines) is 1. The minimum Gasteiger partial charge on any atom is -0.398 e. The molecule has 1 fully saturated rings. The van der Waals surface area contributed by atoms with Crippen molar-refractivity contribution < 1.29 is 4.79 Å². The highest BCUT2D eigenvalue weighted by Gasteiger charge is 2.30. The number of rotatable bonds is 1. The molecule has 1 aliphatic rings. The number of carbonyl (C=O) groups is 1. The molecule has 0 bridgehead atoms. The minimum atomic E-state index is 0.125. The number of benzene rings is 1. The highest BCUT2D eigenvalue weighted by Crippen LogP contribution is 2.26. The van der Waals surface area contributed by atoms with E-state index in [1.807, 2.05) is 30.0 Å². The van der Waals surface area contributed by atoms with E-state index in [0.29, 0.717) is 17.8 Å². The third kappa shape index (κ3) is 2.22. The predicted octanol–water partition coefficient (Wildman–Crippen LogP) is 2.98. The highest BCUT2D eigenvalue weighted by molar-refractivity contribution is 5.97. The predicted molar refractivity (Wildman–Crippen MR) is 74.5 cm³/mol. The molecular formula is C15H22N2O. The second kappa shape index (κ2) is 5.01. The molecule has 0 aromatic heterocycles. The molecule has 98 valence electrons. The fraction of sp³-hybridized carbons (Fsp3) is 0.533. The maximum atomic E-state index is 12.7. The Bertz CT molecular complexity index is 446. The van der Waals surface area contributed by atoms with Gasteiger partial charge in [0.05, 0.1) is 0 Å². The Morgan fingerprint density at radius 3 is 2.50 bits per heavy atom. The van der Waals surface area contributed by atoms with Crippen LogP contribution in [0, 0.1) is 6.92 Å².